The van der Waals surface area contributed by atoms with Crippen LogP contribution >= 0.6 is 0 Å². The lowest BCUT2D eigenvalue weighted by molar-refractivity contribution is 0.303. The Hall–Kier alpha value is -3.79. The topological polar surface area (TPSA) is 36.3 Å². The van der Waals surface area contributed by atoms with Gasteiger partial charge in [0.1, 0.15) is 17.3 Å². The summed E-state index contributed by atoms with van der Waals surface area (Å²) < 4.78 is 13.6. The number of hydrogen-bond donors (Lipinski definition) is 0. The van der Waals surface area contributed by atoms with E-state index in [1.165, 1.54) is 10.8 Å². The normalized spacial score (nSPS) is 11.1. The molecular weight excluding hydrogens is 384 g/mol. The highest BCUT2D eigenvalue weighted by Crippen LogP contribution is 2.27. The molecule has 0 N–H and O–H groups in total. The number of nitrogens with zero attached hydrogens (tertiary/aromatic N) is 2. The van der Waals surface area contributed by atoms with E-state index in [0.717, 1.165) is 46.9 Å². The Bertz CT molecular complexity index is 1320. The number of rotatable bonds is 7. The van der Waals surface area contributed by atoms with Gasteiger partial charge < -0.3 is 14.0 Å². The van der Waals surface area contributed by atoms with Crippen molar-refractivity contribution in [3.8, 4) is 22.9 Å². The molecule has 4 nitrogen and oxygen atoms in total. The molecule has 31 heavy (non-hydrogen) atoms. The van der Waals surface area contributed by atoms with Gasteiger partial charge >= 0.3 is 0 Å². The zero-order valence-corrected chi connectivity index (χ0v) is 17.5. The van der Waals surface area contributed by atoms with E-state index >= 15 is 0 Å². The highest BCUT2D eigenvalue weighted by Gasteiger charge is 2.12. The van der Waals surface area contributed by atoms with Crippen LogP contribution in [0.5, 0.6) is 11.5 Å². The van der Waals surface area contributed by atoms with Crippen LogP contribution in [0, 0.1) is 0 Å². The average molecular weight is 409 g/mol. The van der Waals surface area contributed by atoms with Gasteiger partial charge in [-0.3, -0.25) is 0 Å². The van der Waals surface area contributed by atoms with Crippen LogP contribution in [0.1, 0.15) is 6.42 Å². The predicted molar refractivity (Wildman–Crippen MR) is 126 cm³/mol. The van der Waals surface area contributed by atoms with Crippen LogP contribution in [0.3, 0.4) is 0 Å². The maximum atomic E-state index is 6.05. The number of para-hydroxylation sites is 2. The Morgan fingerprint density at radius 1 is 0.774 bits per heavy atom. The SMILES string of the molecule is COc1ccc(-c2nc3ccccc3n2CCCOc2ccc3ccccc3c2)cc1. The van der Waals surface area contributed by atoms with Gasteiger partial charge in [-0.15, -0.1) is 0 Å². The van der Waals surface area contributed by atoms with E-state index in [4.69, 9.17) is 14.5 Å². The van der Waals surface area contributed by atoms with Crippen LogP contribution in [0.15, 0.2) is 91.0 Å². The third-order valence-electron chi connectivity index (χ3n) is 5.52. The van der Waals surface area contributed by atoms with Crippen molar-refractivity contribution in [1.82, 2.24) is 9.55 Å². The van der Waals surface area contributed by atoms with Crippen molar-refractivity contribution in [1.29, 1.82) is 0 Å². The summed E-state index contributed by atoms with van der Waals surface area (Å²) in [4.78, 5) is 4.89. The minimum Gasteiger partial charge on any atom is -0.497 e. The number of methoxy groups -OCH3 is 1. The molecule has 0 bridgehead atoms. The van der Waals surface area contributed by atoms with Gasteiger partial charge in [-0.2, -0.15) is 0 Å². The molecule has 5 rings (SSSR count). The lowest BCUT2D eigenvalue weighted by atomic mass is 10.1. The molecule has 1 heterocycles. The van der Waals surface area contributed by atoms with Gasteiger partial charge in [0, 0.05) is 12.1 Å². The van der Waals surface area contributed by atoms with Gasteiger partial charge in [0.05, 0.1) is 24.8 Å². The van der Waals surface area contributed by atoms with Crippen LogP contribution in [0.4, 0.5) is 0 Å². The van der Waals surface area contributed by atoms with E-state index in [9.17, 15) is 0 Å². The maximum Gasteiger partial charge on any atom is 0.141 e. The molecule has 4 aromatic carbocycles. The second kappa shape index (κ2) is 8.52. The summed E-state index contributed by atoms with van der Waals surface area (Å²) in [5, 5.41) is 2.42. The standard InChI is InChI=1S/C27H24N2O2/c1-30-23-14-12-21(13-15-23)27-28-25-9-4-5-10-26(25)29(27)17-6-18-31-24-16-11-20-7-2-3-8-22(20)19-24/h2-5,7-16,19H,6,17-18H2,1H3. The Kier molecular flexibility index (Phi) is 5.28. The number of aromatic nitrogens is 2. The zero-order chi connectivity index (χ0) is 21.0. The molecule has 0 unspecified atom stereocenters. The van der Waals surface area contributed by atoms with E-state index in [0.29, 0.717) is 6.61 Å². The molecule has 5 aromatic rings. The minimum absolute atomic E-state index is 0.646. The molecule has 0 atom stereocenters. The van der Waals surface area contributed by atoms with E-state index in [1.807, 2.05) is 24.3 Å². The minimum atomic E-state index is 0.646. The molecule has 0 radical (unpaired) electrons. The second-order valence-corrected chi connectivity index (χ2v) is 7.52. The van der Waals surface area contributed by atoms with Gasteiger partial charge in [0.2, 0.25) is 0 Å². The van der Waals surface area contributed by atoms with Crippen LogP contribution in [-0.4, -0.2) is 23.3 Å². The molecule has 0 amide bonds. The highest BCUT2D eigenvalue weighted by molar-refractivity contribution is 5.83. The quantitative estimate of drug-likeness (QED) is 0.295. The Labute approximate surface area is 181 Å². The molecule has 0 saturated heterocycles. The molecule has 4 heteroatoms. The van der Waals surface area contributed by atoms with Gasteiger partial charge in [-0.25, -0.2) is 4.98 Å². The third kappa shape index (κ3) is 3.97. The number of ether oxygens (including phenoxy) is 2. The summed E-state index contributed by atoms with van der Waals surface area (Å²) in [5.41, 5.74) is 3.22. The lowest BCUT2D eigenvalue weighted by Crippen LogP contribution is -2.06. The van der Waals surface area contributed by atoms with Gasteiger partial charge in [0.25, 0.3) is 0 Å². The van der Waals surface area contributed by atoms with Crippen LogP contribution < -0.4 is 9.47 Å². The Morgan fingerprint density at radius 3 is 2.35 bits per heavy atom. The van der Waals surface area contributed by atoms with Crippen molar-refractivity contribution < 1.29 is 9.47 Å². The molecule has 154 valence electrons. The van der Waals surface area contributed by atoms with Crippen LogP contribution in [-0.2, 0) is 6.54 Å². The highest BCUT2D eigenvalue weighted by atomic mass is 16.5. The molecule has 1 aromatic heterocycles. The maximum absolute atomic E-state index is 6.05. The lowest BCUT2D eigenvalue weighted by Gasteiger charge is -2.11. The number of fused-ring (bicyclic) bond motifs is 2. The number of aryl methyl sites for hydroxylation is 1. The molecular formula is C27H24N2O2. The Balaban J connectivity index is 1.34. The first-order valence-corrected chi connectivity index (χ1v) is 10.5. The van der Waals surface area contributed by atoms with Crippen molar-refractivity contribution in [3.63, 3.8) is 0 Å². The summed E-state index contributed by atoms with van der Waals surface area (Å²) in [5.74, 6) is 2.72. The number of imidazole rings is 1. The first-order chi connectivity index (χ1) is 15.3. The van der Waals surface area contributed by atoms with Crippen molar-refractivity contribution >= 4 is 21.8 Å². The predicted octanol–water partition coefficient (Wildman–Crippen LogP) is 6.33. The molecule has 0 saturated carbocycles. The molecule has 0 aliphatic heterocycles. The molecule has 0 aliphatic carbocycles. The van der Waals surface area contributed by atoms with E-state index < -0.39 is 0 Å². The molecule has 0 spiro atoms. The van der Waals surface area contributed by atoms with E-state index in [1.54, 1.807) is 7.11 Å². The van der Waals surface area contributed by atoms with Gasteiger partial charge in [-0.05, 0) is 65.7 Å². The summed E-state index contributed by atoms with van der Waals surface area (Å²) in [6.45, 7) is 1.47. The largest absolute Gasteiger partial charge is 0.497 e. The van der Waals surface area contributed by atoms with E-state index in [2.05, 4.69) is 71.3 Å². The second-order valence-electron chi connectivity index (χ2n) is 7.52. The van der Waals surface area contributed by atoms with Crippen LogP contribution in [0.2, 0.25) is 0 Å². The van der Waals surface area contributed by atoms with Gasteiger partial charge in [-0.1, -0.05) is 42.5 Å². The van der Waals surface area contributed by atoms with Crippen LogP contribution in [0.25, 0.3) is 33.2 Å². The zero-order valence-electron chi connectivity index (χ0n) is 17.5. The summed E-state index contributed by atoms with van der Waals surface area (Å²) in [6, 6.07) is 30.9. The number of hydrogen-bond acceptors (Lipinski definition) is 3. The van der Waals surface area contributed by atoms with E-state index in [-0.39, 0.29) is 0 Å². The fourth-order valence-electron chi connectivity index (χ4n) is 3.93. The summed E-state index contributed by atoms with van der Waals surface area (Å²) >= 11 is 0. The molecule has 0 fully saturated rings. The monoisotopic (exact) mass is 408 g/mol. The fourth-order valence-corrected chi connectivity index (χ4v) is 3.93. The average Bonchev–Trinajstić information content (AvgIpc) is 3.20. The first-order valence-electron chi connectivity index (χ1n) is 10.5. The summed E-state index contributed by atoms with van der Waals surface area (Å²) in [7, 11) is 1.68. The first kappa shape index (κ1) is 19.2. The number of benzene rings is 4. The van der Waals surface area contributed by atoms with Crippen molar-refractivity contribution in [2.75, 3.05) is 13.7 Å². The van der Waals surface area contributed by atoms with Crippen molar-refractivity contribution in [3.05, 3.63) is 91.0 Å². The third-order valence-corrected chi connectivity index (χ3v) is 5.52. The van der Waals surface area contributed by atoms with Gasteiger partial charge in [0.15, 0.2) is 0 Å². The van der Waals surface area contributed by atoms with Crippen molar-refractivity contribution in [2.24, 2.45) is 0 Å². The Morgan fingerprint density at radius 2 is 1.52 bits per heavy atom. The van der Waals surface area contributed by atoms with Crippen molar-refractivity contribution in [2.45, 2.75) is 13.0 Å². The fraction of sp³-hybridized carbons (Fsp3) is 0.148. The molecule has 0 aliphatic rings. The summed E-state index contributed by atoms with van der Waals surface area (Å²) in [6.07, 6.45) is 0.885. The smallest absolute Gasteiger partial charge is 0.141 e.